The van der Waals surface area contributed by atoms with E-state index in [1.54, 1.807) is 5.54 Å². The number of hydrogen-bond acceptors (Lipinski definition) is 2. The normalized spacial score (nSPS) is 35.0. The molecule has 3 rings (SSSR count). The topological polar surface area (TPSA) is 15.3 Å². The zero-order chi connectivity index (χ0) is 13.1. The van der Waals surface area contributed by atoms with Crippen LogP contribution in [0.5, 0.6) is 0 Å². The van der Waals surface area contributed by atoms with Crippen LogP contribution >= 0.6 is 11.6 Å². The molecule has 108 valence electrons. The quantitative estimate of drug-likeness (QED) is 0.850. The van der Waals surface area contributed by atoms with Crippen molar-refractivity contribution >= 4 is 11.6 Å². The molecule has 2 unspecified atom stereocenters. The third kappa shape index (κ3) is 3.53. The van der Waals surface area contributed by atoms with Crippen LogP contribution in [-0.2, 0) is 0 Å². The van der Waals surface area contributed by atoms with E-state index < -0.39 is 0 Å². The highest BCUT2D eigenvalue weighted by molar-refractivity contribution is 6.25. The first-order valence-electron chi connectivity index (χ1n) is 8.11. The first-order chi connectivity index (χ1) is 9.38. The van der Waals surface area contributed by atoms with Crippen LogP contribution in [0.3, 0.4) is 0 Å². The minimum Gasteiger partial charge on any atom is -0.311 e. The van der Waals surface area contributed by atoms with Crippen molar-refractivity contribution in [2.75, 3.05) is 19.6 Å². The SMILES string of the molecule is Cl/C=C/CN1CC(C2CCCCC2)NCC1C1CC1. The average molecular weight is 283 g/mol. The van der Waals surface area contributed by atoms with Gasteiger partial charge in [0.25, 0.3) is 0 Å². The molecular formula is C16H27ClN2. The first kappa shape index (κ1) is 13.9. The van der Waals surface area contributed by atoms with Crippen molar-refractivity contribution < 1.29 is 0 Å². The second-order valence-electron chi connectivity index (χ2n) is 6.63. The summed E-state index contributed by atoms with van der Waals surface area (Å²) in [5, 5.41) is 3.87. The smallest absolute Gasteiger partial charge is 0.0252 e. The van der Waals surface area contributed by atoms with E-state index in [1.807, 2.05) is 0 Å². The number of hydrogen-bond donors (Lipinski definition) is 1. The fraction of sp³-hybridized carbons (Fsp3) is 0.875. The van der Waals surface area contributed by atoms with Crippen molar-refractivity contribution in [1.82, 2.24) is 10.2 Å². The van der Waals surface area contributed by atoms with Crippen molar-refractivity contribution in [1.29, 1.82) is 0 Å². The van der Waals surface area contributed by atoms with Gasteiger partial charge in [0.05, 0.1) is 0 Å². The number of nitrogens with zero attached hydrogens (tertiary/aromatic N) is 1. The van der Waals surface area contributed by atoms with Crippen molar-refractivity contribution in [3.05, 3.63) is 11.6 Å². The zero-order valence-corrected chi connectivity index (χ0v) is 12.6. The first-order valence-corrected chi connectivity index (χ1v) is 8.55. The van der Waals surface area contributed by atoms with Crippen LogP contribution in [0.25, 0.3) is 0 Å². The zero-order valence-electron chi connectivity index (χ0n) is 11.9. The number of nitrogens with one attached hydrogen (secondary N) is 1. The van der Waals surface area contributed by atoms with E-state index in [1.165, 1.54) is 58.0 Å². The van der Waals surface area contributed by atoms with E-state index in [0.29, 0.717) is 0 Å². The van der Waals surface area contributed by atoms with Gasteiger partial charge in [0, 0.05) is 37.3 Å². The van der Waals surface area contributed by atoms with Crippen LogP contribution in [0.15, 0.2) is 11.6 Å². The van der Waals surface area contributed by atoms with Gasteiger partial charge in [-0.05, 0) is 37.5 Å². The van der Waals surface area contributed by atoms with Gasteiger partial charge in [0.15, 0.2) is 0 Å². The summed E-state index contributed by atoms with van der Waals surface area (Å²) in [4.78, 5) is 2.69. The molecule has 1 N–H and O–H groups in total. The van der Waals surface area contributed by atoms with Crippen molar-refractivity contribution in [2.45, 2.75) is 57.0 Å². The van der Waals surface area contributed by atoms with Crippen molar-refractivity contribution in [2.24, 2.45) is 11.8 Å². The molecule has 3 fully saturated rings. The highest BCUT2D eigenvalue weighted by atomic mass is 35.5. The van der Waals surface area contributed by atoms with Crippen LogP contribution in [0, 0.1) is 11.8 Å². The van der Waals surface area contributed by atoms with E-state index >= 15 is 0 Å². The fourth-order valence-electron chi connectivity index (χ4n) is 4.04. The van der Waals surface area contributed by atoms with Gasteiger partial charge in [0.1, 0.15) is 0 Å². The number of piperazine rings is 1. The van der Waals surface area contributed by atoms with Crippen LogP contribution in [0.2, 0.25) is 0 Å². The summed E-state index contributed by atoms with van der Waals surface area (Å²) in [5.41, 5.74) is 1.68. The largest absolute Gasteiger partial charge is 0.311 e. The predicted molar refractivity (Wildman–Crippen MR) is 81.4 cm³/mol. The Hall–Kier alpha value is -0.0500. The van der Waals surface area contributed by atoms with Gasteiger partial charge in [-0.25, -0.2) is 0 Å². The molecule has 0 aromatic heterocycles. The Kier molecular flexibility index (Phi) is 4.83. The summed E-state index contributed by atoms with van der Waals surface area (Å²) in [6, 6.07) is 1.48. The molecule has 2 nitrogen and oxygen atoms in total. The maximum Gasteiger partial charge on any atom is 0.0252 e. The lowest BCUT2D eigenvalue weighted by Crippen LogP contribution is -2.59. The van der Waals surface area contributed by atoms with Gasteiger partial charge in [-0.1, -0.05) is 36.9 Å². The maximum atomic E-state index is 5.73. The average Bonchev–Trinajstić information content (AvgIpc) is 3.30. The Bertz CT molecular complexity index is 308. The molecule has 1 aliphatic heterocycles. The summed E-state index contributed by atoms with van der Waals surface area (Å²) in [7, 11) is 0. The van der Waals surface area contributed by atoms with Crippen molar-refractivity contribution in [3.8, 4) is 0 Å². The van der Waals surface area contributed by atoms with E-state index in [-0.39, 0.29) is 0 Å². The van der Waals surface area contributed by atoms with Crippen molar-refractivity contribution in [3.63, 3.8) is 0 Å². The molecule has 1 saturated heterocycles. The van der Waals surface area contributed by atoms with Crippen LogP contribution in [-0.4, -0.2) is 36.6 Å². The van der Waals surface area contributed by atoms with E-state index in [2.05, 4.69) is 16.3 Å². The molecule has 0 amide bonds. The molecular weight excluding hydrogens is 256 g/mol. The fourth-order valence-corrected chi connectivity index (χ4v) is 4.12. The van der Waals surface area contributed by atoms with Gasteiger partial charge in [-0.3, -0.25) is 4.90 Å². The number of rotatable bonds is 4. The summed E-state index contributed by atoms with van der Waals surface area (Å²) in [5.74, 6) is 1.86. The third-order valence-electron chi connectivity index (χ3n) is 5.30. The van der Waals surface area contributed by atoms with E-state index in [0.717, 1.165) is 30.5 Å². The monoisotopic (exact) mass is 282 g/mol. The maximum absolute atomic E-state index is 5.73. The molecule has 0 radical (unpaired) electrons. The summed E-state index contributed by atoms with van der Waals surface area (Å²) >= 11 is 5.73. The van der Waals surface area contributed by atoms with Crippen LogP contribution in [0.1, 0.15) is 44.9 Å². The Morgan fingerprint density at radius 1 is 1.05 bits per heavy atom. The highest BCUT2D eigenvalue weighted by Crippen LogP contribution is 2.37. The molecule has 2 saturated carbocycles. The van der Waals surface area contributed by atoms with E-state index in [9.17, 15) is 0 Å². The third-order valence-corrected chi connectivity index (χ3v) is 5.48. The molecule has 3 aliphatic rings. The summed E-state index contributed by atoms with van der Waals surface area (Å²) in [6.45, 7) is 3.46. The van der Waals surface area contributed by atoms with Gasteiger partial charge in [-0.2, -0.15) is 0 Å². The van der Waals surface area contributed by atoms with Crippen LogP contribution in [0.4, 0.5) is 0 Å². The molecule has 3 heteroatoms. The van der Waals surface area contributed by atoms with Crippen LogP contribution < -0.4 is 5.32 Å². The molecule has 0 spiro atoms. The second-order valence-corrected chi connectivity index (χ2v) is 6.89. The van der Waals surface area contributed by atoms with E-state index in [4.69, 9.17) is 11.6 Å². The Balaban J connectivity index is 1.59. The Labute approximate surface area is 122 Å². The molecule has 0 aromatic rings. The molecule has 0 aromatic carbocycles. The lowest BCUT2D eigenvalue weighted by molar-refractivity contribution is 0.0952. The highest BCUT2D eigenvalue weighted by Gasteiger charge is 2.39. The standard InChI is InChI=1S/C16H27ClN2/c17-9-4-10-19-12-15(13-5-2-1-3-6-13)18-11-16(19)14-7-8-14/h4,9,13-16,18H,1-3,5-8,10-12H2/b9-4+. The minimum atomic E-state index is 0.721. The van der Waals surface area contributed by atoms with Gasteiger partial charge < -0.3 is 5.32 Å². The molecule has 0 bridgehead atoms. The van der Waals surface area contributed by atoms with Gasteiger partial charge in [-0.15, -0.1) is 0 Å². The lowest BCUT2D eigenvalue weighted by atomic mass is 9.82. The second kappa shape index (κ2) is 6.60. The minimum absolute atomic E-state index is 0.721. The summed E-state index contributed by atoms with van der Waals surface area (Å²) < 4.78 is 0. The molecule has 19 heavy (non-hydrogen) atoms. The molecule has 1 heterocycles. The molecule has 2 aliphatic carbocycles. The van der Waals surface area contributed by atoms with Gasteiger partial charge >= 0.3 is 0 Å². The molecule has 2 atom stereocenters. The Morgan fingerprint density at radius 3 is 2.53 bits per heavy atom. The Morgan fingerprint density at radius 2 is 1.84 bits per heavy atom. The van der Waals surface area contributed by atoms with Gasteiger partial charge in [0.2, 0.25) is 0 Å². The summed E-state index contributed by atoms with van der Waals surface area (Å²) in [6.07, 6.45) is 12.2. The lowest BCUT2D eigenvalue weighted by Gasteiger charge is -2.44. The predicted octanol–water partition coefficient (Wildman–Crippen LogP) is 3.37. The number of halogens is 1.